The van der Waals surface area contributed by atoms with Crippen LogP contribution in [-0.2, 0) is 10.8 Å². The van der Waals surface area contributed by atoms with E-state index in [4.69, 9.17) is 0 Å². The van der Waals surface area contributed by atoms with E-state index in [1.165, 1.54) is 99.1 Å². The zero-order chi connectivity index (χ0) is 32.4. The number of fused-ring (bicyclic) bond motifs is 10. The van der Waals surface area contributed by atoms with E-state index in [0.29, 0.717) is 0 Å². The smallest absolute Gasteiger partial charge is 0.0162 e. The quantitative estimate of drug-likeness (QED) is 0.170. The Bertz CT molecular complexity index is 2600. The maximum absolute atomic E-state index is 2.50. The zero-order valence-corrected chi connectivity index (χ0v) is 27.9. The number of rotatable bonds is 2. The van der Waals surface area contributed by atoms with Crippen LogP contribution in [0, 0.1) is 0 Å². The second-order valence-electron chi connectivity index (χ2n) is 14.8. The summed E-state index contributed by atoms with van der Waals surface area (Å²) in [6.45, 7) is 9.69. The van der Waals surface area contributed by atoms with Gasteiger partial charge in [0.25, 0.3) is 0 Å². The molecule has 0 saturated carbocycles. The van der Waals surface area contributed by atoms with Gasteiger partial charge in [-0.05, 0) is 105 Å². The molecule has 0 amide bonds. The average molecular weight is 613 g/mol. The van der Waals surface area contributed by atoms with Crippen molar-refractivity contribution in [3.8, 4) is 44.5 Å². The first-order valence-corrected chi connectivity index (χ1v) is 17.2. The van der Waals surface area contributed by atoms with Gasteiger partial charge >= 0.3 is 0 Å². The molecule has 0 N–H and O–H groups in total. The van der Waals surface area contributed by atoms with Gasteiger partial charge in [0, 0.05) is 10.8 Å². The molecule has 0 saturated heterocycles. The van der Waals surface area contributed by atoms with E-state index in [1.54, 1.807) is 0 Å². The second kappa shape index (κ2) is 9.55. The van der Waals surface area contributed by atoms with Crippen LogP contribution in [0.2, 0.25) is 0 Å². The Morgan fingerprint density at radius 1 is 0.333 bits per heavy atom. The first-order valence-electron chi connectivity index (χ1n) is 17.2. The third kappa shape index (κ3) is 3.50. The van der Waals surface area contributed by atoms with Crippen molar-refractivity contribution in [2.45, 2.75) is 38.5 Å². The molecule has 2 aliphatic carbocycles. The van der Waals surface area contributed by atoms with Gasteiger partial charge in [-0.15, -0.1) is 0 Å². The highest BCUT2D eigenvalue weighted by atomic mass is 14.5. The average Bonchev–Trinajstić information content (AvgIpc) is 3.49. The van der Waals surface area contributed by atoms with Crippen molar-refractivity contribution < 1.29 is 0 Å². The van der Waals surface area contributed by atoms with Crippen molar-refractivity contribution in [3.05, 3.63) is 168 Å². The number of hydrogen-bond acceptors (Lipinski definition) is 0. The lowest BCUT2D eigenvalue weighted by molar-refractivity contribution is 0.601. The minimum Gasteiger partial charge on any atom is -0.0619 e. The van der Waals surface area contributed by atoms with Gasteiger partial charge in [0.05, 0.1) is 0 Å². The summed E-state index contributed by atoms with van der Waals surface area (Å²) in [4.78, 5) is 0. The predicted octanol–water partition coefficient (Wildman–Crippen LogP) is 13.1. The predicted molar refractivity (Wildman–Crippen MR) is 205 cm³/mol. The summed E-state index contributed by atoms with van der Waals surface area (Å²) in [7, 11) is 0. The first-order chi connectivity index (χ1) is 23.4. The van der Waals surface area contributed by atoms with Gasteiger partial charge in [-0.3, -0.25) is 0 Å². The van der Waals surface area contributed by atoms with E-state index in [1.807, 2.05) is 0 Å². The molecule has 0 radical (unpaired) electrons. The van der Waals surface area contributed by atoms with E-state index in [2.05, 4.69) is 173 Å². The fourth-order valence-electron chi connectivity index (χ4n) is 9.52. The molecule has 48 heavy (non-hydrogen) atoms. The van der Waals surface area contributed by atoms with Crippen molar-refractivity contribution in [1.82, 2.24) is 0 Å². The molecule has 2 aliphatic rings. The molecule has 228 valence electrons. The monoisotopic (exact) mass is 612 g/mol. The molecule has 0 heteroatoms. The highest BCUT2D eigenvalue weighted by molar-refractivity contribution is 6.23. The Labute approximate surface area is 282 Å². The normalized spacial score (nSPS) is 15.0. The van der Waals surface area contributed by atoms with Crippen LogP contribution in [0.5, 0.6) is 0 Å². The van der Waals surface area contributed by atoms with Crippen molar-refractivity contribution in [1.29, 1.82) is 0 Å². The fourth-order valence-corrected chi connectivity index (χ4v) is 9.52. The molecule has 0 heterocycles. The third-order valence-corrected chi connectivity index (χ3v) is 11.6. The van der Waals surface area contributed by atoms with Gasteiger partial charge in [0.15, 0.2) is 0 Å². The second-order valence-corrected chi connectivity index (χ2v) is 14.8. The van der Waals surface area contributed by atoms with Crippen LogP contribution in [0.15, 0.2) is 146 Å². The van der Waals surface area contributed by atoms with E-state index < -0.39 is 0 Å². The van der Waals surface area contributed by atoms with Gasteiger partial charge in [0.2, 0.25) is 0 Å². The molecule has 0 aliphatic heterocycles. The summed E-state index contributed by atoms with van der Waals surface area (Å²) < 4.78 is 0. The fraction of sp³-hybridized carbons (Fsp3) is 0.125. The van der Waals surface area contributed by atoms with Crippen LogP contribution >= 0.6 is 0 Å². The summed E-state index contributed by atoms with van der Waals surface area (Å²) in [5, 5.41) is 7.73. The van der Waals surface area contributed by atoms with Crippen LogP contribution in [-0.4, -0.2) is 0 Å². The summed E-state index contributed by atoms with van der Waals surface area (Å²) in [5.74, 6) is 0. The minimum absolute atomic E-state index is 0.0523. The Balaban J connectivity index is 1.25. The van der Waals surface area contributed by atoms with E-state index in [0.717, 1.165) is 0 Å². The Morgan fingerprint density at radius 2 is 0.812 bits per heavy atom. The van der Waals surface area contributed by atoms with Crippen molar-refractivity contribution in [3.63, 3.8) is 0 Å². The summed E-state index contributed by atoms with van der Waals surface area (Å²) >= 11 is 0. The van der Waals surface area contributed by atoms with E-state index >= 15 is 0 Å². The van der Waals surface area contributed by atoms with Gasteiger partial charge in [-0.2, -0.15) is 0 Å². The van der Waals surface area contributed by atoms with Gasteiger partial charge in [-0.1, -0.05) is 167 Å². The van der Waals surface area contributed by atoms with Crippen molar-refractivity contribution >= 4 is 32.3 Å². The van der Waals surface area contributed by atoms with Crippen LogP contribution in [0.25, 0.3) is 76.8 Å². The Hall–Kier alpha value is -5.46. The van der Waals surface area contributed by atoms with Crippen molar-refractivity contribution in [2.24, 2.45) is 0 Å². The Morgan fingerprint density at radius 3 is 1.48 bits per heavy atom. The van der Waals surface area contributed by atoms with Crippen molar-refractivity contribution in [2.75, 3.05) is 0 Å². The SMILES string of the molecule is CC1(C)c2ccccc2-c2ccc3c(c21)C(C)(C)c1ccc(-c2c4ccccc4c(-c4cccc5ccccc45)c4ccccc24)cc1-3. The number of benzene rings is 8. The lowest BCUT2D eigenvalue weighted by atomic mass is 9.72. The minimum atomic E-state index is -0.101. The van der Waals surface area contributed by atoms with Gasteiger partial charge < -0.3 is 0 Å². The maximum Gasteiger partial charge on any atom is 0.0162 e. The molecule has 0 aromatic heterocycles. The molecule has 8 aromatic rings. The lowest BCUT2D eigenvalue weighted by Gasteiger charge is -2.30. The van der Waals surface area contributed by atoms with Crippen LogP contribution in [0.4, 0.5) is 0 Å². The molecule has 0 bridgehead atoms. The highest BCUT2D eigenvalue weighted by Crippen LogP contribution is 2.59. The zero-order valence-electron chi connectivity index (χ0n) is 27.9. The van der Waals surface area contributed by atoms with Gasteiger partial charge in [-0.25, -0.2) is 0 Å². The summed E-state index contributed by atoms with van der Waals surface area (Å²) in [6, 6.07) is 54.7. The highest BCUT2D eigenvalue weighted by Gasteiger charge is 2.45. The van der Waals surface area contributed by atoms with E-state index in [-0.39, 0.29) is 10.8 Å². The maximum atomic E-state index is 2.50. The molecular weight excluding hydrogens is 577 g/mol. The first kappa shape index (κ1) is 27.6. The number of hydrogen-bond donors (Lipinski definition) is 0. The topological polar surface area (TPSA) is 0 Å². The third-order valence-electron chi connectivity index (χ3n) is 11.6. The Kier molecular flexibility index (Phi) is 5.50. The molecule has 0 spiro atoms. The molecule has 0 fully saturated rings. The molecular formula is C48H36. The van der Waals surface area contributed by atoms with Crippen LogP contribution < -0.4 is 0 Å². The van der Waals surface area contributed by atoms with E-state index in [9.17, 15) is 0 Å². The molecule has 0 atom stereocenters. The summed E-state index contributed by atoms with van der Waals surface area (Å²) in [6.07, 6.45) is 0. The van der Waals surface area contributed by atoms with Gasteiger partial charge in [0.1, 0.15) is 0 Å². The largest absolute Gasteiger partial charge is 0.0619 e. The molecule has 0 nitrogen and oxygen atoms in total. The molecule has 8 aromatic carbocycles. The standard InChI is InChI=1S/C48H36/c1-47(2)41-23-12-11-17-32(41)38-25-26-39-40-28-30(24-27-42(40)48(3,4)46(39)45(38)47)43-34-18-7-9-20-36(34)44(37-21-10-8-19-35(37)43)33-22-13-15-29-14-5-6-16-31(29)33/h5-28H,1-4H3. The lowest BCUT2D eigenvalue weighted by Crippen LogP contribution is -2.24. The molecule has 0 unspecified atom stereocenters. The molecule has 10 rings (SSSR count). The van der Waals surface area contributed by atoms with Crippen LogP contribution in [0.3, 0.4) is 0 Å². The summed E-state index contributed by atoms with van der Waals surface area (Å²) in [5.41, 5.74) is 16.4. The van der Waals surface area contributed by atoms with Crippen LogP contribution in [0.1, 0.15) is 49.9 Å².